The molecule has 0 saturated carbocycles. The van der Waals surface area contributed by atoms with Gasteiger partial charge < -0.3 is 19.5 Å². The van der Waals surface area contributed by atoms with Crippen LogP contribution in [0.3, 0.4) is 0 Å². The summed E-state index contributed by atoms with van der Waals surface area (Å²) in [5.41, 5.74) is 1.56. The summed E-state index contributed by atoms with van der Waals surface area (Å²) in [6, 6.07) is 6.39. The molecule has 6 heteroatoms. The minimum atomic E-state index is -0.311. The van der Waals surface area contributed by atoms with Crippen molar-refractivity contribution in [3.8, 4) is 0 Å². The molecule has 1 N–H and O–H groups in total. The minimum Gasteiger partial charge on any atom is -0.399 e. The molecular formula is C16H26BIN2O2. The van der Waals surface area contributed by atoms with Gasteiger partial charge in [0.05, 0.1) is 11.2 Å². The third-order valence-electron chi connectivity index (χ3n) is 4.33. The molecule has 1 fully saturated rings. The van der Waals surface area contributed by atoms with E-state index >= 15 is 0 Å². The molecule has 1 heterocycles. The molecule has 0 unspecified atom stereocenters. The summed E-state index contributed by atoms with van der Waals surface area (Å²) in [6.45, 7) is 10.2. The van der Waals surface area contributed by atoms with Crippen LogP contribution in [0, 0.1) is 3.57 Å². The molecule has 0 radical (unpaired) electrons. The quantitative estimate of drug-likeness (QED) is 0.591. The molecule has 22 heavy (non-hydrogen) atoms. The Balaban J connectivity index is 2.14. The van der Waals surface area contributed by atoms with Crippen LogP contribution in [0.25, 0.3) is 0 Å². The Morgan fingerprint density at radius 2 is 1.68 bits per heavy atom. The molecule has 1 aliphatic rings. The zero-order valence-corrected chi connectivity index (χ0v) is 16.5. The van der Waals surface area contributed by atoms with Gasteiger partial charge in [-0.05, 0) is 88.0 Å². The standard InChI is InChI=1S/C16H26BIN2O2/c1-15(2)16(3,4)22-17(21-15)12-9-13(18)11-14(10-12)19-7-8-20(5)6/h9-11,19H,7-8H2,1-6H3. The lowest BCUT2D eigenvalue weighted by atomic mass is 9.79. The maximum absolute atomic E-state index is 6.14. The third kappa shape index (κ3) is 4.16. The third-order valence-corrected chi connectivity index (χ3v) is 4.96. The number of hydrogen-bond acceptors (Lipinski definition) is 4. The molecule has 0 aliphatic carbocycles. The summed E-state index contributed by atoms with van der Waals surface area (Å²) in [4.78, 5) is 2.16. The van der Waals surface area contributed by atoms with Gasteiger partial charge in [-0.3, -0.25) is 0 Å². The van der Waals surface area contributed by atoms with Crippen molar-refractivity contribution >= 4 is 40.9 Å². The van der Waals surface area contributed by atoms with E-state index in [0.29, 0.717) is 0 Å². The monoisotopic (exact) mass is 416 g/mol. The number of hydrogen-bond donors (Lipinski definition) is 1. The van der Waals surface area contributed by atoms with Crippen LogP contribution in [0.1, 0.15) is 27.7 Å². The number of rotatable bonds is 5. The second-order valence-corrected chi connectivity index (χ2v) is 8.34. The first kappa shape index (κ1) is 18.0. The van der Waals surface area contributed by atoms with E-state index in [1.807, 2.05) is 0 Å². The Bertz CT molecular complexity index is 519. The Morgan fingerprint density at radius 3 is 2.23 bits per heavy atom. The first-order valence-electron chi connectivity index (χ1n) is 7.65. The maximum atomic E-state index is 6.14. The number of benzene rings is 1. The van der Waals surface area contributed by atoms with Gasteiger partial charge in [0.1, 0.15) is 0 Å². The number of nitrogens with one attached hydrogen (secondary N) is 1. The highest BCUT2D eigenvalue weighted by atomic mass is 127. The lowest BCUT2D eigenvalue weighted by Gasteiger charge is -2.32. The Morgan fingerprint density at radius 1 is 1.09 bits per heavy atom. The summed E-state index contributed by atoms with van der Waals surface area (Å²) in [6.07, 6.45) is 0. The molecule has 1 aromatic rings. The van der Waals surface area contributed by atoms with Crippen molar-refractivity contribution in [2.24, 2.45) is 0 Å². The molecule has 1 aromatic carbocycles. The molecule has 4 nitrogen and oxygen atoms in total. The topological polar surface area (TPSA) is 33.7 Å². The normalized spacial score (nSPS) is 19.7. The van der Waals surface area contributed by atoms with Crippen LogP contribution in [0.2, 0.25) is 0 Å². The molecule has 0 atom stereocenters. The first-order chi connectivity index (χ1) is 10.1. The van der Waals surface area contributed by atoms with E-state index < -0.39 is 0 Å². The van der Waals surface area contributed by atoms with E-state index in [1.54, 1.807) is 0 Å². The molecule has 0 spiro atoms. The fraction of sp³-hybridized carbons (Fsp3) is 0.625. The van der Waals surface area contributed by atoms with Crippen molar-refractivity contribution in [3.05, 3.63) is 21.8 Å². The lowest BCUT2D eigenvalue weighted by Crippen LogP contribution is -2.41. The van der Waals surface area contributed by atoms with Crippen LogP contribution >= 0.6 is 22.6 Å². The van der Waals surface area contributed by atoms with Gasteiger partial charge in [-0.15, -0.1) is 0 Å². The second-order valence-electron chi connectivity index (χ2n) is 7.09. The van der Waals surface area contributed by atoms with Gasteiger partial charge in [0.25, 0.3) is 0 Å². The van der Waals surface area contributed by atoms with Gasteiger partial charge in [0, 0.05) is 22.3 Å². The summed E-state index contributed by atoms with van der Waals surface area (Å²) in [5, 5.41) is 3.46. The average molecular weight is 416 g/mol. The van der Waals surface area contributed by atoms with Crippen molar-refractivity contribution in [1.29, 1.82) is 0 Å². The van der Waals surface area contributed by atoms with Crippen molar-refractivity contribution < 1.29 is 9.31 Å². The Labute approximate surface area is 148 Å². The molecule has 1 aliphatic heterocycles. The molecular weight excluding hydrogens is 390 g/mol. The van der Waals surface area contributed by atoms with E-state index in [0.717, 1.165) is 24.2 Å². The van der Waals surface area contributed by atoms with Gasteiger partial charge in [-0.1, -0.05) is 0 Å². The summed E-state index contributed by atoms with van der Waals surface area (Å²) in [5.74, 6) is 0. The fourth-order valence-corrected chi connectivity index (χ4v) is 2.95. The Kier molecular flexibility index (Phi) is 5.47. The van der Waals surface area contributed by atoms with E-state index in [4.69, 9.17) is 9.31 Å². The van der Waals surface area contributed by atoms with Gasteiger partial charge in [0.15, 0.2) is 0 Å². The molecule has 0 bridgehead atoms. The van der Waals surface area contributed by atoms with Crippen LogP contribution in [0.15, 0.2) is 18.2 Å². The highest BCUT2D eigenvalue weighted by Crippen LogP contribution is 2.36. The van der Waals surface area contributed by atoms with Crippen LogP contribution < -0.4 is 10.8 Å². The molecule has 0 amide bonds. The number of likely N-dealkylation sites (N-methyl/N-ethyl adjacent to an activating group) is 1. The number of anilines is 1. The summed E-state index contributed by atoms with van der Waals surface area (Å²) >= 11 is 2.34. The minimum absolute atomic E-state index is 0.308. The number of halogens is 1. The van der Waals surface area contributed by atoms with Gasteiger partial charge >= 0.3 is 7.12 Å². The predicted octanol–water partition coefficient (Wildman–Crippen LogP) is 2.56. The summed E-state index contributed by atoms with van der Waals surface area (Å²) < 4.78 is 13.5. The molecule has 122 valence electrons. The lowest BCUT2D eigenvalue weighted by molar-refractivity contribution is 0.00578. The van der Waals surface area contributed by atoms with E-state index in [-0.39, 0.29) is 18.3 Å². The van der Waals surface area contributed by atoms with Gasteiger partial charge in [-0.25, -0.2) is 0 Å². The largest absolute Gasteiger partial charge is 0.494 e. The van der Waals surface area contributed by atoms with Crippen LogP contribution in [0.5, 0.6) is 0 Å². The molecule has 2 rings (SSSR count). The second kappa shape index (κ2) is 6.67. The van der Waals surface area contributed by atoms with Gasteiger partial charge in [-0.2, -0.15) is 0 Å². The van der Waals surface area contributed by atoms with E-state index in [2.05, 4.69) is 92.8 Å². The van der Waals surface area contributed by atoms with Crippen LogP contribution in [-0.4, -0.2) is 50.4 Å². The van der Waals surface area contributed by atoms with Crippen molar-refractivity contribution in [2.75, 3.05) is 32.5 Å². The molecule has 0 aromatic heterocycles. The molecule has 1 saturated heterocycles. The summed E-state index contributed by atoms with van der Waals surface area (Å²) in [7, 11) is 3.84. The SMILES string of the molecule is CN(C)CCNc1cc(I)cc(B2OC(C)(C)C(C)(C)O2)c1. The highest BCUT2D eigenvalue weighted by molar-refractivity contribution is 14.1. The maximum Gasteiger partial charge on any atom is 0.494 e. The van der Waals surface area contributed by atoms with Gasteiger partial charge in [0.2, 0.25) is 0 Å². The predicted molar refractivity (Wildman–Crippen MR) is 102 cm³/mol. The zero-order valence-electron chi connectivity index (χ0n) is 14.4. The van der Waals surface area contributed by atoms with Crippen molar-refractivity contribution in [1.82, 2.24) is 4.90 Å². The smallest absolute Gasteiger partial charge is 0.399 e. The Hall–Kier alpha value is -0.305. The first-order valence-corrected chi connectivity index (χ1v) is 8.73. The van der Waals surface area contributed by atoms with Crippen LogP contribution in [-0.2, 0) is 9.31 Å². The van der Waals surface area contributed by atoms with Crippen LogP contribution in [0.4, 0.5) is 5.69 Å². The van der Waals surface area contributed by atoms with E-state index in [1.165, 1.54) is 3.57 Å². The number of nitrogens with zero attached hydrogens (tertiary/aromatic N) is 1. The fourth-order valence-electron chi connectivity index (χ4n) is 2.25. The van der Waals surface area contributed by atoms with Crippen molar-refractivity contribution in [2.45, 2.75) is 38.9 Å². The van der Waals surface area contributed by atoms with Crippen molar-refractivity contribution in [3.63, 3.8) is 0 Å². The highest BCUT2D eigenvalue weighted by Gasteiger charge is 2.51. The average Bonchev–Trinajstić information content (AvgIpc) is 2.57. The zero-order chi connectivity index (χ0) is 16.5. The van der Waals surface area contributed by atoms with E-state index in [9.17, 15) is 0 Å².